The smallest absolute Gasteiger partial charge is 0.232 e. The van der Waals surface area contributed by atoms with Crippen LogP contribution in [0.5, 0.6) is 0 Å². The van der Waals surface area contributed by atoms with Crippen molar-refractivity contribution < 1.29 is 8.42 Å². The summed E-state index contributed by atoms with van der Waals surface area (Å²) in [4.78, 5) is 0. The second-order valence-corrected chi connectivity index (χ2v) is 6.53. The molecule has 16 heavy (non-hydrogen) atoms. The van der Waals surface area contributed by atoms with Crippen LogP contribution in [-0.2, 0) is 16.4 Å². The molecule has 0 radical (unpaired) electrons. The van der Waals surface area contributed by atoms with Gasteiger partial charge in [0.2, 0.25) is 10.0 Å². The van der Waals surface area contributed by atoms with Gasteiger partial charge in [-0.2, -0.15) is 0 Å². The van der Waals surface area contributed by atoms with Crippen LogP contribution in [-0.4, -0.2) is 21.2 Å². The Morgan fingerprint density at radius 1 is 1.31 bits per heavy atom. The first-order valence-electron chi connectivity index (χ1n) is 5.50. The van der Waals surface area contributed by atoms with Crippen molar-refractivity contribution >= 4 is 15.7 Å². The topological polar surface area (TPSA) is 37.4 Å². The van der Waals surface area contributed by atoms with E-state index in [4.69, 9.17) is 0 Å². The van der Waals surface area contributed by atoms with E-state index < -0.39 is 10.0 Å². The fourth-order valence-electron chi connectivity index (χ4n) is 2.10. The third-order valence-electron chi connectivity index (χ3n) is 3.02. The predicted octanol–water partition coefficient (Wildman–Crippen LogP) is 2.13. The van der Waals surface area contributed by atoms with E-state index in [0.29, 0.717) is 12.5 Å². The maximum atomic E-state index is 11.5. The molecule has 0 spiro atoms. The lowest BCUT2D eigenvalue weighted by molar-refractivity contribution is 0.598. The maximum Gasteiger partial charge on any atom is 0.232 e. The summed E-state index contributed by atoms with van der Waals surface area (Å²) in [5.41, 5.74) is 3.28. The number of fused-ring (bicyclic) bond motifs is 1. The molecule has 1 heterocycles. The van der Waals surface area contributed by atoms with Crippen LogP contribution in [0.2, 0.25) is 0 Å². The van der Waals surface area contributed by atoms with Crippen LogP contribution < -0.4 is 4.31 Å². The third-order valence-corrected chi connectivity index (χ3v) is 4.20. The first-order valence-corrected chi connectivity index (χ1v) is 7.35. The predicted molar refractivity (Wildman–Crippen MR) is 66.4 cm³/mol. The zero-order valence-corrected chi connectivity index (χ0v) is 10.7. The van der Waals surface area contributed by atoms with Crippen molar-refractivity contribution in [1.29, 1.82) is 0 Å². The normalized spacial score (nSPS) is 15.6. The van der Waals surface area contributed by atoms with Crippen LogP contribution in [0.15, 0.2) is 18.2 Å². The number of nitrogens with zero attached hydrogens (tertiary/aromatic N) is 1. The fraction of sp³-hybridized carbons (Fsp3) is 0.500. The summed E-state index contributed by atoms with van der Waals surface area (Å²) in [5.74, 6) is 0.484. The van der Waals surface area contributed by atoms with Crippen LogP contribution in [0.4, 0.5) is 5.69 Å². The molecular formula is C12H17NO2S. The number of sulfonamides is 1. The number of benzene rings is 1. The van der Waals surface area contributed by atoms with Gasteiger partial charge in [-0.1, -0.05) is 26.0 Å². The Hall–Kier alpha value is -1.03. The molecule has 0 atom stereocenters. The molecule has 0 bridgehead atoms. The van der Waals surface area contributed by atoms with Gasteiger partial charge in [-0.15, -0.1) is 0 Å². The number of rotatable bonds is 2. The molecule has 4 heteroatoms. The monoisotopic (exact) mass is 239 g/mol. The lowest BCUT2D eigenvalue weighted by atomic mass is 10.00. The molecule has 0 fully saturated rings. The van der Waals surface area contributed by atoms with Gasteiger partial charge in [0.1, 0.15) is 0 Å². The quantitative estimate of drug-likeness (QED) is 0.793. The van der Waals surface area contributed by atoms with E-state index in [0.717, 1.165) is 17.7 Å². The van der Waals surface area contributed by atoms with Crippen molar-refractivity contribution in [2.45, 2.75) is 26.2 Å². The molecule has 0 amide bonds. The highest BCUT2D eigenvalue weighted by molar-refractivity contribution is 7.92. The molecule has 0 aliphatic carbocycles. The molecule has 0 N–H and O–H groups in total. The van der Waals surface area contributed by atoms with Gasteiger partial charge < -0.3 is 0 Å². The highest BCUT2D eigenvalue weighted by atomic mass is 32.2. The Balaban J connectivity index is 2.44. The van der Waals surface area contributed by atoms with Crippen LogP contribution in [0.25, 0.3) is 0 Å². The minimum absolute atomic E-state index is 0.484. The SMILES string of the molecule is CC(C)c1ccc2c(c1)CCN2S(C)(=O)=O. The minimum atomic E-state index is -3.12. The van der Waals surface area contributed by atoms with E-state index >= 15 is 0 Å². The van der Waals surface area contributed by atoms with Gasteiger partial charge in [-0.3, -0.25) is 4.31 Å². The Morgan fingerprint density at radius 3 is 2.56 bits per heavy atom. The first-order chi connectivity index (χ1) is 7.39. The van der Waals surface area contributed by atoms with E-state index in [1.54, 1.807) is 0 Å². The third kappa shape index (κ3) is 1.94. The summed E-state index contributed by atoms with van der Waals surface area (Å²) in [6.45, 7) is 4.87. The number of hydrogen-bond donors (Lipinski definition) is 0. The van der Waals surface area contributed by atoms with Gasteiger partial charge >= 0.3 is 0 Å². The molecule has 1 aromatic rings. The zero-order chi connectivity index (χ0) is 11.9. The molecule has 0 saturated carbocycles. The fourth-order valence-corrected chi connectivity index (χ4v) is 3.05. The van der Waals surface area contributed by atoms with Crippen molar-refractivity contribution in [1.82, 2.24) is 0 Å². The van der Waals surface area contributed by atoms with Crippen LogP contribution in [0.3, 0.4) is 0 Å². The first kappa shape index (κ1) is 11.5. The molecule has 88 valence electrons. The van der Waals surface area contributed by atoms with E-state index in [-0.39, 0.29) is 0 Å². The van der Waals surface area contributed by atoms with Gasteiger partial charge in [-0.25, -0.2) is 8.42 Å². The molecule has 0 aromatic heterocycles. The largest absolute Gasteiger partial charge is 0.270 e. The summed E-state index contributed by atoms with van der Waals surface area (Å²) in [5, 5.41) is 0. The number of hydrogen-bond acceptors (Lipinski definition) is 2. The van der Waals surface area contributed by atoms with E-state index in [1.807, 2.05) is 12.1 Å². The lowest BCUT2D eigenvalue weighted by Gasteiger charge is -2.17. The van der Waals surface area contributed by atoms with Crippen LogP contribution in [0, 0.1) is 0 Å². The second-order valence-electron chi connectivity index (χ2n) is 4.63. The minimum Gasteiger partial charge on any atom is -0.270 e. The Bertz CT molecular complexity index is 506. The van der Waals surface area contributed by atoms with Crippen molar-refractivity contribution in [3.63, 3.8) is 0 Å². The highest BCUT2D eigenvalue weighted by Crippen LogP contribution is 2.32. The highest BCUT2D eigenvalue weighted by Gasteiger charge is 2.26. The van der Waals surface area contributed by atoms with Gasteiger partial charge in [0.15, 0.2) is 0 Å². The van der Waals surface area contributed by atoms with Gasteiger partial charge in [0.25, 0.3) is 0 Å². The maximum absolute atomic E-state index is 11.5. The number of anilines is 1. The summed E-state index contributed by atoms with van der Waals surface area (Å²) in [6, 6.07) is 6.08. The van der Waals surface area contributed by atoms with Crippen molar-refractivity contribution in [3.8, 4) is 0 Å². The average molecular weight is 239 g/mol. The molecule has 1 aromatic carbocycles. The van der Waals surface area contributed by atoms with Crippen molar-refractivity contribution in [2.24, 2.45) is 0 Å². The van der Waals surface area contributed by atoms with Gasteiger partial charge in [0.05, 0.1) is 11.9 Å². The van der Waals surface area contributed by atoms with E-state index in [1.165, 1.54) is 16.1 Å². The van der Waals surface area contributed by atoms with Crippen molar-refractivity contribution in [3.05, 3.63) is 29.3 Å². The molecule has 2 rings (SSSR count). The van der Waals surface area contributed by atoms with Crippen LogP contribution in [0.1, 0.15) is 30.9 Å². The Labute approximate surface area is 97.1 Å². The molecule has 0 unspecified atom stereocenters. The summed E-state index contributed by atoms with van der Waals surface area (Å²) in [6.07, 6.45) is 2.08. The molecule has 0 saturated heterocycles. The lowest BCUT2D eigenvalue weighted by Crippen LogP contribution is -2.27. The van der Waals surface area contributed by atoms with Crippen molar-refractivity contribution in [2.75, 3.05) is 17.1 Å². The average Bonchev–Trinajstić information content (AvgIpc) is 2.58. The molecular weight excluding hydrogens is 222 g/mol. The summed E-state index contributed by atoms with van der Waals surface area (Å²) >= 11 is 0. The second kappa shape index (κ2) is 3.77. The van der Waals surface area contributed by atoms with Crippen LogP contribution >= 0.6 is 0 Å². The van der Waals surface area contributed by atoms with Gasteiger partial charge in [0, 0.05) is 6.54 Å². The molecule has 1 aliphatic heterocycles. The molecule has 3 nitrogen and oxygen atoms in total. The Morgan fingerprint density at radius 2 is 2.00 bits per heavy atom. The molecule has 1 aliphatic rings. The standard InChI is InChI=1S/C12H17NO2S/c1-9(2)10-4-5-12-11(8-10)6-7-13(12)16(3,14)15/h4-5,8-9H,6-7H2,1-3H3. The van der Waals surface area contributed by atoms with E-state index in [2.05, 4.69) is 19.9 Å². The Kier molecular flexibility index (Phi) is 2.70. The zero-order valence-electron chi connectivity index (χ0n) is 9.90. The summed E-state index contributed by atoms with van der Waals surface area (Å²) in [7, 11) is -3.12. The van der Waals surface area contributed by atoms with Gasteiger partial charge in [-0.05, 0) is 29.5 Å². The van der Waals surface area contributed by atoms with E-state index in [9.17, 15) is 8.42 Å². The summed E-state index contributed by atoms with van der Waals surface area (Å²) < 4.78 is 24.6.